The van der Waals surface area contributed by atoms with Crippen molar-refractivity contribution in [3.05, 3.63) is 103 Å². The number of benzene rings is 2. The number of nitrogens with zero attached hydrogens (tertiary/aromatic N) is 3. The minimum absolute atomic E-state index is 0. The molecule has 4 nitrogen and oxygen atoms in total. The SMILES string of the molecule is C.COc1ccc(-[n+]2ccc(-c3cc[n+](-c4cccc(C#N)c4)cc3)cc2)cc1. The van der Waals surface area contributed by atoms with E-state index in [-0.39, 0.29) is 7.43 Å². The van der Waals surface area contributed by atoms with Gasteiger partial charge in [0, 0.05) is 48.5 Å². The number of ether oxygens (including phenoxy) is 1. The monoisotopic (exact) mass is 381 g/mol. The lowest BCUT2D eigenvalue weighted by Crippen LogP contribution is -2.29. The standard InChI is InChI=1S/C24H19N3O.CH4/c1-28-24-7-5-22(6-8-24)26-13-9-20(10-14-26)21-11-15-27(16-12-21)23-4-2-3-19(17-23)18-25;/h2-17H,1H3;1H4/q+2;. The van der Waals surface area contributed by atoms with Gasteiger partial charge in [-0.1, -0.05) is 13.5 Å². The third kappa shape index (κ3) is 4.31. The molecule has 4 rings (SSSR count). The molecule has 0 fully saturated rings. The van der Waals surface area contributed by atoms with Crippen LogP contribution in [0.4, 0.5) is 0 Å². The van der Waals surface area contributed by atoms with Crippen molar-refractivity contribution in [2.45, 2.75) is 7.43 Å². The van der Waals surface area contributed by atoms with E-state index in [1.54, 1.807) is 13.2 Å². The molecule has 4 aromatic rings. The Hall–Kier alpha value is -3.97. The maximum atomic E-state index is 9.07. The molecule has 0 atom stereocenters. The van der Waals surface area contributed by atoms with Crippen LogP contribution in [0.5, 0.6) is 5.75 Å². The second-order valence-corrected chi connectivity index (χ2v) is 6.35. The van der Waals surface area contributed by atoms with Crippen LogP contribution in [-0.2, 0) is 0 Å². The summed E-state index contributed by atoms with van der Waals surface area (Å²) in [5.74, 6) is 0.846. The normalized spacial score (nSPS) is 9.93. The number of aromatic nitrogens is 2. The Morgan fingerprint density at radius 3 is 1.79 bits per heavy atom. The van der Waals surface area contributed by atoms with Crippen molar-refractivity contribution >= 4 is 0 Å². The molecule has 2 heterocycles. The Bertz CT molecular complexity index is 1130. The van der Waals surface area contributed by atoms with Crippen molar-refractivity contribution < 1.29 is 13.9 Å². The summed E-state index contributed by atoms with van der Waals surface area (Å²) in [5, 5.41) is 9.07. The largest absolute Gasteiger partial charge is 0.497 e. The van der Waals surface area contributed by atoms with Crippen molar-refractivity contribution in [1.29, 1.82) is 5.26 Å². The molecule has 0 saturated heterocycles. The second-order valence-electron chi connectivity index (χ2n) is 6.35. The van der Waals surface area contributed by atoms with E-state index in [1.807, 2.05) is 59.4 Å². The van der Waals surface area contributed by atoms with Crippen molar-refractivity contribution in [3.8, 4) is 34.3 Å². The maximum absolute atomic E-state index is 9.07. The first kappa shape index (κ1) is 19.8. The Morgan fingerprint density at radius 2 is 1.28 bits per heavy atom. The van der Waals surface area contributed by atoms with E-state index in [9.17, 15) is 0 Å². The molecule has 0 aliphatic carbocycles. The summed E-state index contributed by atoms with van der Waals surface area (Å²) in [6, 6.07) is 26.0. The van der Waals surface area contributed by atoms with E-state index in [1.165, 1.54) is 0 Å². The smallest absolute Gasteiger partial charge is 0.211 e. The number of rotatable bonds is 4. The molecule has 29 heavy (non-hydrogen) atoms. The van der Waals surface area contributed by atoms with Crippen LogP contribution in [0, 0.1) is 11.3 Å². The third-order valence-electron chi connectivity index (χ3n) is 4.64. The summed E-state index contributed by atoms with van der Waals surface area (Å²) in [4.78, 5) is 0. The highest BCUT2D eigenvalue weighted by Gasteiger charge is 2.10. The number of methoxy groups -OCH3 is 1. The van der Waals surface area contributed by atoms with E-state index in [0.29, 0.717) is 5.56 Å². The Balaban J connectivity index is 0.00000240. The van der Waals surface area contributed by atoms with Gasteiger partial charge in [-0.3, -0.25) is 0 Å². The molecule has 2 aromatic heterocycles. The molecule has 0 aliphatic rings. The molecule has 0 N–H and O–H groups in total. The van der Waals surface area contributed by atoms with Gasteiger partial charge < -0.3 is 4.74 Å². The number of nitriles is 1. The molecule has 0 spiro atoms. The van der Waals surface area contributed by atoms with Gasteiger partial charge in [0.05, 0.1) is 18.7 Å². The fraction of sp³-hybridized carbons (Fsp3) is 0.0800. The zero-order valence-electron chi connectivity index (χ0n) is 15.5. The quantitative estimate of drug-likeness (QED) is 0.491. The van der Waals surface area contributed by atoms with E-state index < -0.39 is 0 Å². The Kier molecular flexibility index (Phi) is 6.01. The lowest BCUT2D eigenvalue weighted by molar-refractivity contribution is -0.596. The highest BCUT2D eigenvalue weighted by Crippen LogP contribution is 2.17. The average molecular weight is 381 g/mol. The topological polar surface area (TPSA) is 40.8 Å². The van der Waals surface area contributed by atoms with Crippen LogP contribution in [0.2, 0.25) is 0 Å². The van der Waals surface area contributed by atoms with Gasteiger partial charge in [0.25, 0.3) is 0 Å². The Morgan fingerprint density at radius 1 is 0.724 bits per heavy atom. The van der Waals surface area contributed by atoms with Crippen molar-refractivity contribution in [3.63, 3.8) is 0 Å². The highest BCUT2D eigenvalue weighted by molar-refractivity contribution is 5.61. The van der Waals surface area contributed by atoms with Crippen molar-refractivity contribution in [2.24, 2.45) is 0 Å². The van der Waals surface area contributed by atoms with Crippen LogP contribution < -0.4 is 13.9 Å². The maximum Gasteiger partial charge on any atom is 0.211 e. The predicted molar refractivity (Wildman–Crippen MR) is 113 cm³/mol. The van der Waals surface area contributed by atoms with E-state index >= 15 is 0 Å². The predicted octanol–water partition coefficient (Wildman–Crippen LogP) is 4.42. The molecule has 0 amide bonds. The average Bonchev–Trinajstić information content (AvgIpc) is 2.79. The van der Waals surface area contributed by atoms with Gasteiger partial charge in [0.2, 0.25) is 11.4 Å². The molecule has 0 radical (unpaired) electrons. The van der Waals surface area contributed by atoms with Crippen LogP contribution in [0.3, 0.4) is 0 Å². The molecular formula is C25H23N3O+2. The molecular weight excluding hydrogens is 358 g/mol. The molecule has 4 heteroatoms. The first-order chi connectivity index (χ1) is 13.8. The molecule has 142 valence electrons. The van der Waals surface area contributed by atoms with Crippen molar-refractivity contribution in [1.82, 2.24) is 0 Å². The lowest BCUT2D eigenvalue weighted by Gasteiger charge is -2.02. The molecule has 0 saturated carbocycles. The molecule has 0 unspecified atom stereocenters. The van der Waals surface area contributed by atoms with Gasteiger partial charge in [0.15, 0.2) is 24.8 Å². The second kappa shape index (κ2) is 8.81. The van der Waals surface area contributed by atoms with Gasteiger partial charge in [-0.2, -0.15) is 14.4 Å². The minimum atomic E-state index is 0. The summed E-state index contributed by atoms with van der Waals surface area (Å²) in [6.45, 7) is 0. The number of hydrogen-bond acceptors (Lipinski definition) is 2. The summed E-state index contributed by atoms with van der Waals surface area (Å²) in [7, 11) is 1.67. The minimum Gasteiger partial charge on any atom is -0.497 e. The zero-order valence-corrected chi connectivity index (χ0v) is 15.5. The van der Waals surface area contributed by atoms with E-state index in [4.69, 9.17) is 10.00 Å². The lowest BCUT2D eigenvalue weighted by atomic mass is 10.1. The molecule has 0 aliphatic heterocycles. The summed E-state index contributed by atoms with van der Waals surface area (Å²) in [6.07, 6.45) is 8.12. The zero-order chi connectivity index (χ0) is 19.3. The van der Waals surface area contributed by atoms with Gasteiger partial charge in [0.1, 0.15) is 5.75 Å². The van der Waals surface area contributed by atoms with Crippen molar-refractivity contribution in [2.75, 3.05) is 7.11 Å². The number of pyridine rings is 2. The van der Waals surface area contributed by atoms with Crippen LogP contribution >= 0.6 is 0 Å². The Labute approximate surface area is 171 Å². The summed E-state index contributed by atoms with van der Waals surface area (Å²) < 4.78 is 9.28. The van der Waals surface area contributed by atoms with Crippen LogP contribution in [0.25, 0.3) is 22.5 Å². The summed E-state index contributed by atoms with van der Waals surface area (Å²) >= 11 is 0. The van der Waals surface area contributed by atoms with Gasteiger partial charge in [-0.15, -0.1) is 0 Å². The van der Waals surface area contributed by atoms with Crippen LogP contribution in [0.1, 0.15) is 13.0 Å². The fourth-order valence-corrected chi connectivity index (χ4v) is 3.07. The van der Waals surface area contributed by atoms with Crippen LogP contribution in [0.15, 0.2) is 97.6 Å². The van der Waals surface area contributed by atoms with Crippen LogP contribution in [-0.4, -0.2) is 7.11 Å². The van der Waals surface area contributed by atoms with E-state index in [2.05, 4.69) is 47.3 Å². The third-order valence-corrected chi connectivity index (χ3v) is 4.64. The molecule has 2 aromatic carbocycles. The van der Waals surface area contributed by atoms with Gasteiger partial charge in [-0.25, -0.2) is 0 Å². The molecule has 0 bridgehead atoms. The fourth-order valence-electron chi connectivity index (χ4n) is 3.07. The summed E-state index contributed by atoms with van der Waals surface area (Å²) in [5.41, 5.74) is 4.98. The number of hydrogen-bond donors (Lipinski definition) is 0. The van der Waals surface area contributed by atoms with Gasteiger partial charge in [-0.05, 0) is 29.3 Å². The highest BCUT2D eigenvalue weighted by atomic mass is 16.5. The van der Waals surface area contributed by atoms with Gasteiger partial charge >= 0.3 is 0 Å². The van der Waals surface area contributed by atoms with E-state index in [0.717, 1.165) is 28.3 Å². The first-order valence-corrected chi connectivity index (χ1v) is 8.95. The first-order valence-electron chi connectivity index (χ1n) is 8.95.